The third-order valence-corrected chi connectivity index (χ3v) is 2.82. The van der Waals surface area contributed by atoms with E-state index < -0.39 is 29.7 Å². The van der Waals surface area contributed by atoms with Gasteiger partial charge in [0.2, 0.25) is 0 Å². The third kappa shape index (κ3) is 4.05. The fourth-order valence-corrected chi connectivity index (χ4v) is 1.71. The number of ether oxygens (including phenoxy) is 1. The second-order valence-corrected chi connectivity index (χ2v) is 4.41. The molecule has 0 aliphatic rings. The van der Waals surface area contributed by atoms with Crippen LogP contribution in [0.1, 0.15) is 38.4 Å². The van der Waals surface area contributed by atoms with Gasteiger partial charge in [0.25, 0.3) is 0 Å². The molecule has 0 aliphatic heterocycles. The average Bonchev–Trinajstić information content (AvgIpc) is 2.53. The van der Waals surface area contributed by atoms with Crippen LogP contribution < -0.4 is 0 Å². The maximum atomic E-state index is 13.6. The molecule has 8 nitrogen and oxygen atoms in total. The summed E-state index contributed by atoms with van der Waals surface area (Å²) >= 11 is 0. The minimum atomic E-state index is -1.74. The lowest BCUT2D eigenvalue weighted by molar-refractivity contribution is -0.113. The molecule has 3 N–H and O–H groups in total. The molecule has 9 heteroatoms. The summed E-state index contributed by atoms with van der Waals surface area (Å²) in [5.41, 5.74) is -0.640. The predicted octanol–water partition coefficient (Wildman–Crippen LogP) is 1.22. The number of hydrogen-bond donors (Lipinski definition) is 3. The zero-order chi connectivity index (χ0) is 17.0. The number of hydrogen-bond acceptors (Lipinski definition) is 6. The Labute approximate surface area is 128 Å². The smallest absolute Gasteiger partial charge is 0.354 e. The minimum absolute atomic E-state index is 0.205. The second kappa shape index (κ2) is 6.90. The van der Waals surface area contributed by atoms with E-state index in [4.69, 9.17) is 14.9 Å². The van der Waals surface area contributed by atoms with Gasteiger partial charge in [-0.1, -0.05) is 0 Å². The van der Waals surface area contributed by atoms with E-state index in [0.717, 1.165) is 6.07 Å². The Hall–Kier alpha value is -2.91. The summed E-state index contributed by atoms with van der Waals surface area (Å²) in [6, 6.07) is 3.56. The zero-order valence-electron chi connectivity index (χ0n) is 11.5. The van der Waals surface area contributed by atoms with Crippen molar-refractivity contribution in [3.05, 3.63) is 58.9 Å². The Balaban J connectivity index is 2.12. The third-order valence-electron chi connectivity index (χ3n) is 2.82. The van der Waals surface area contributed by atoms with E-state index in [0.29, 0.717) is 11.8 Å². The molecule has 2 heterocycles. The summed E-state index contributed by atoms with van der Waals surface area (Å²) in [5, 5.41) is 27.5. The topological polar surface area (TPSA) is 130 Å². The fourth-order valence-electron chi connectivity index (χ4n) is 1.71. The van der Waals surface area contributed by atoms with Crippen LogP contribution in [0.2, 0.25) is 0 Å². The number of rotatable bonds is 6. The van der Waals surface area contributed by atoms with Gasteiger partial charge in [0.15, 0.2) is 6.29 Å². The van der Waals surface area contributed by atoms with E-state index in [-0.39, 0.29) is 17.9 Å². The second-order valence-electron chi connectivity index (χ2n) is 4.41. The van der Waals surface area contributed by atoms with Gasteiger partial charge in [0.05, 0.1) is 12.8 Å². The Morgan fingerprint density at radius 1 is 1.17 bits per heavy atom. The molecule has 0 aromatic carbocycles. The van der Waals surface area contributed by atoms with Gasteiger partial charge < -0.3 is 20.1 Å². The number of halogens is 1. The van der Waals surface area contributed by atoms with Crippen molar-refractivity contribution < 1.29 is 34.0 Å². The number of aliphatic hydroxyl groups excluding tert-OH is 1. The highest BCUT2D eigenvalue weighted by molar-refractivity contribution is 5.85. The van der Waals surface area contributed by atoms with Gasteiger partial charge in [-0.05, 0) is 23.8 Å². The molecule has 23 heavy (non-hydrogen) atoms. The van der Waals surface area contributed by atoms with Crippen molar-refractivity contribution in [2.75, 3.05) is 0 Å². The Morgan fingerprint density at radius 2 is 1.83 bits per heavy atom. The van der Waals surface area contributed by atoms with Crippen molar-refractivity contribution in [1.82, 2.24) is 9.97 Å². The molecule has 0 spiro atoms. The first-order chi connectivity index (χ1) is 10.9. The molecule has 0 fully saturated rings. The summed E-state index contributed by atoms with van der Waals surface area (Å²) in [6.45, 7) is -0.228. The Bertz CT molecular complexity index is 752. The molecule has 0 radical (unpaired) electrons. The Kier molecular flexibility index (Phi) is 4.94. The molecule has 2 aromatic rings. The van der Waals surface area contributed by atoms with Crippen molar-refractivity contribution >= 4 is 11.9 Å². The van der Waals surface area contributed by atoms with Crippen molar-refractivity contribution in [1.29, 1.82) is 0 Å². The van der Waals surface area contributed by atoms with Gasteiger partial charge in [-0.25, -0.2) is 23.9 Å². The highest BCUT2D eigenvalue weighted by atomic mass is 19.1. The van der Waals surface area contributed by atoms with Gasteiger partial charge in [-0.15, -0.1) is 0 Å². The van der Waals surface area contributed by atoms with Crippen LogP contribution in [0.25, 0.3) is 0 Å². The molecule has 0 saturated heterocycles. The largest absolute Gasteiger partial charge is 0.477 e. The first-order valence-electron chi connectivity index (χ1n) is 6.25. The van der Waals surface area contributed by atoms with Crippen LogP contribution >= 0.6 is 0 Å². The van der Waals surface area contributed by atoms with Crippen LogP contribution in [0.4, 0.5) is 4.39 Å². The number of carbonyl (C=O) groups is 2. The summed E-state index contributed by atoms with van der Waals surface area (Å²) in [6.07, 6.45) is 0.183. The Morgan fingerprint density at radius 3 is 2.48 bits per heavy atom. The number of carboxylic acid groups (broad SMARTS) is 2. The molecule has 120 valence electrons. The van der Waals surface area contributed by atoms with E-state index in [2.05, 4.69) is 9.97 Å². The number of aromatic carboxylic acids is 2. The lowest BCUT2D eigenvalue weighted by Gasteiger charge is -2.13. The molecule has 0 aliphatic carbocycles. The van der Waals surface area contributed by atoms with Gasteiger partial charge in [-0.2, -0.15) is 0 Å². The average molecular weight is 322 g/mol. The van der Waals surface area contributed by atoms with Crippen LogP contribution in [0, 0.1) is 5.82 Å². The van der Waals surface area contributed by atoms with Gasteiger partial charge in [0.1, 0.15) is 17.2 Å². The van der Waals surface area contributed by atoms with E-state index in [9.17, 15) is 19.1 Å². The molecular weight excluding hydrogens is 311 g/mol. The highest BCUT2D eigenvalue weighted by Gasteiger charge is 2.17. The van der Waals surface area contributed by atoms with Gasteiger partial charge >= 0.3 is 11.9 Å². The van der Waals surface area contributed by atoms with Crippen LogP contribution in [-0.2, 0) is 11.3 Å². The van der Waals surface area contributed by atoms with Gasteiger partial charge in [0, 0.05) is 11.8 Å². The van der Waals surface area contributed by atoms with E-state index in [1.807, 2.05) is 0 Å². The van der Waals surface area contributed by atoms with E-state index in [1.165, 1.54) is 18.3 Å². The quantitative estimate of drug-likeness (QED) is 0.677. The molecular formula is C14H11FN2O6. The summed E-state index contributed by atoms with van der Waals surface area (Å²) in [7, 11) is 0. The molecule has 0 saturated carbocycles. The lowest BCUT2D eigenvalue weighted by atomic mass is 10.2. The molecule has 2 aromatic heterocycles. The van der Waals surface area contributed by atoms with Crippen molar-refractivity contribution in [3.63, 3.8) is 0 Å². The first kappa shape index (κ1) is 16.5. The molecule has 1 unspecified atom stereocenters. The molecule has 0 amide bonds. The van der Waals surface area contributed by atoms with Crippen LogP contribution in [0.15, 0.2) is 30.6 Å². The lowest BCUT2D eigenvalue weighted by Crippen LogP contribution is -2.10. The zero-order valence-corrected chi connectivity index (χ0v) is 11.5. The number of nitrogens with zero attached hydrogens (tertiary/aromatic N) is 2. The van der Waals surface area contributed by atoms with Crippen molar-refractivity contribution in [2.45, 2.75) is 12.9 Å². The maximum Gasteiger partial charge on any atom is 0.354 e. The van der Waals surface area contributed by atoms with Crippen molar-refractivity contribution in [2.24, 2.45) is 0 Å². The first-order valence-corrected chi connectivity index (χ1v) is 6.25. The van der Waals surface area contributed by atoms with Crippen LogP contribution in [-0.4, -0.2) is 37.2 Å². The van der Waals surface area contributed by atoms with Crippen LogP contribution in [0.5, 0.6) is 0 Å². The molecule has 0 bridgehead atoms. The highest BCUT2D eigenvalue weighted by Crippen LogP contribution is 2.20. The van der Waals surface area contributed by atoms with Gasteiger partial charge in [-0.3, -0.25) is 0 Å². The minimum Gasteiger partial charge on any atom is -0.477 e. The van der Waals surface area contributed by atoms with Crippen LogP contribution in [0.3, 0.4) is 0 Å². The fraction of sp³-hybridized carbons (Fsp3) is 0.143. The number of aromatic nitrogens is 2. The molecule has 2 rings (SSSR count). The monoisotopic (exact) mass is 322 g/mol. The summed E-state index contributed by atoms with van der Waals surface area (Å²) < 4.78 is 18.6. The SMILES string of the molecule is O=C(O)c1cc(COC(O)c2cc(C(=O)O)ncc2F)ccn1. The van der Waals surface area contributed by atoms with Crippen molar-refractivity contribution in [3.8, 4) is 0 Å². The predicted molar refractivity (Wildman–Crippen MR) is 72.1 cm³/mol. The molecule has 1 atom stereocenters. The number of aliphatic hydroxyl groups is 1. The summed E-state index contributed by atoms with van der Waals surface area (Å²) in [5.74, 6) is -3.53. The number of pyridine rings is 2. The van der Waals surface area contributed by atoms with E-state index >= 15 is 0 Å². The maximum absolute atomic E-state index is 13.6. The normalized spacial score (nSPS) is 11.9. The standard InChI is InChI=1S/C14H11FN2O6/c15-9-5-17-11(13(20)21)4-8(9)14(22)23-6-7-1-2-16-10(3-7)12(18)19/h1-5,14,22H,6H2,(H,18,19)(H,20,21). The number of carboxylic acids is 2. The summed E-state index contributed by atoms with van der Waals surface area (Å²) in [4.78, 5) is 28.6. The van der Waals surface area contributed by atoms with E-state index in [1.54, 1.807) is 0 Å².